The number of nitrogens with one attached hydrogen (secondary N) is 3. The standard InChI is InChI=1S/C27H29N3O4/c1-3-34-16-8-15-28-25(31)21-11-7-12-23(17-21)29-27(33)22-14-13-19(2)24(18-22)30-26(32)20-9-5-4-6-10-20/h4-7,9-14,17-18H,3,8,15-16H2,1-2H3,(H,28,31)(H,29,33)(H,30,32). The molecule has 176 valence electrons. The lowest BCUT2D eigenvalue weighted by Gasteiger charge is -2.12. The van der Waals surface area contributed by atoms with Crippen LogP contribution in [-0.4, -0.2) is 37.5 Å². The Hall–Kier alpha value is -3.97. The Morgan fingerprint density at radius 1 is 0.765 bits per heavy atom. The molecule has 0 spiro atoms. The minimum absolute atomic E-state index is 0.214. The Morgan fingerprint density at radius 2 is 1.47 bits per heavy atom. The molecule has 0 aromatic heterocycles. The molecule has 0 unspecified atom stereocenters. The predicted molar refractivity (Wildman–Crippen MR) is 133 cm³/mol. The zero-order valence-corrected chi connectivity index (χ0v) is 19.4. The van der Waals surface area contributed by atoms with Crippen molar-refractivity contribution in [3.05, 3.63) is 95.1 Å². The largest absolute Gasteiger partial charge is 0.382 e. The van der Waals surface area contributed by atoms with Gasteiger partial charge in [0, 0.05) is 47.8 Å². The number of ether oxygens (including phenoxy) is 1. The van der Waals surface area contributed by atoms with E-state index in [0.29, 0.717) is 47.8 Å². The molecule has 3 rings (SSSR count). The van der Waals surface area contributed by atoms with Crippen LogP contribution < -0.4 is 16.0 Å². The maximum atomic E-state index is 12.8. The zero-order chi connectivity index (χ0) is 24.3. The maximum Gasteiger partial charge on any atom is 0.255 e. The summed E-state index contributed by atoms with van der Waals surface area (Å²) in [5.74, 6) is -0.806. The molecule has 3 aromatic carbocycles. The Labute approximate surface area is 199 Å². The molecule has 7 heteroatoms. The van der Waals surface area contributed by atoms with E-state index in [1.807, 2.05) is 19.9 Å². The van der Waals surface area contributed by atoms with Crippen molar-refractivity contribution in [1.29, 1.82) is 0 Å². The van der Waals surface area contributed by atoms with E-state index in [1.54, 1.807) is 66.7 Å². The summed E-state index contributed by atoms with van der Waals surface area (Å²) in [4.78, 5) is 37.7. The fourth-order valence-corrected chi connectivity index (χ4v) is 3.25. The number of carbonyl (C=O) groups excluding carboxylic acids is 3. The number of amides is 3. The summed E-state index contributed by atoms with van der Waals surface area (Å²) in [6, 6.07) is 20.7. The molecular weight excluding hydrogens is 430 g/mol. The van der Waals surface area contributed by atoms with E-state index in [2.05, 4.69) is 16.0 Å². The van der Waals surface area contributed by atoms with Crippen LogP contribution in [0.3, 0.4) is 0 Å². The number of aryl methyl sites for hydroxylation is 1. The number of anilines is 2. The van der Waals surface area contributed by atoms with Crippen LogP contribution in [0.1, 0.15) is 50.0 Å². The molecular formula is C27H29N3O4. The predicted octanol–water partition coefficient (Wildman–Crippen LogP) is 4.66. The van der Waals surface area contributed by atoms with Gasteiger partial charge in [0.05, 0.1) is 0 Å². The second-order valence-corrected chi connectivity index (χ2v) is 7.69. The highest BCUT2D eigenvalue weighted by molar-refractivity contribution is 6.08. The molecule has 0 aliphatic heterocycles. The van der Waals surface area contributed by atoms with Gasteiger partial charge in [-0.2, -0.15) is 0 Å². The molecule has 0 aliphatic carbocycles. The van der Waals surface area contributed by atoms with Crippen molar-refractivity contribution in [3.63, 3.8) is 0 Å². The smallest absolute Gasteiger partial charge is 0.255 e. The third-order valence-corrected chi connectivity index (χ3v) is 5.12. The van der Waals surface area contributed by atoms with Gasteiger partial charge in [-0.1, -0.05) is 30.3 Å². The lowest BCUT2D eigenvalue weighted by Crippen LogP contribution is -2.25. The SMILES string of the molecule is CCOCCCNC(=O)c1cccc(NC(=O)c2ccc(C)c(NC(=O)c3ccccc3)c2)c1. The van der Waals surface area contributed by atoms with E-state index in [1.165, 1.54) is 0 Å². The third kappa shape index (κ3) is 7.02. The average molecular weight is 460 g/mol. The molecule has 0 radical (unpaired) electrons. The zero-order valence-electron chi connectivity index (χ0n) is 19.4. The van der Waals surface area contributed by atoms with Crippen LogP contribution in [0.5, 0.6) is 0 Å². The topological polar surface area (TPSA) is 96.5 Å². The minimum atomic E-state index is -0.343. The van der Waals surface area contributed by atoms with Gasteiger partial charge >= 0.3 is 0 Å². The first-order valence-electron chi connectivity index (χ1n) is 11.2. The summed E-state index contributed by atoms with van der Waals surface area (Å²) in [5.41, 5.74) is 3.27. The Balaban J connectivity index is 1.64. The number of hydrogen-bond acceptors (Lipinski definition) is 4. The number of benzene rings is 3. The van der Waals surface area contributed by atoms with Crippen LogP contribution in [0.15, 0.2) is 72.8 Å². The van der Waals surface area contributed by atoms with E-state index >= 15 is 0 Å². The van der Waals surface area contributed by atoms with Crippen molar-refractivity contribution in [3.8, 4) is 0 Å². The first-order valence-corrected chi connectivity index (χ1v) is 11.2. The van der Waals surface area contributed by atoms with Crippen LogP contribution in [-0.2, 0) is 4.74 Å². The van der Waals surface area contributed by atoms with Crippen LogP contribution in [0.4, 0.5) is 11.4 Å². The van der Waals surface area contributed by atoms with Crippen LogP contribution in [0, 0.1) is 6.92 Å². The fraction of sp³-hybridized carbons (Fsp3) is 0.222. The lowest BCUT2D eigenvalue weighted by molar-refractivity contribution is 0.0942. The van der Waals surface area contributed by atoms with E-state index in [4.69, 9.17) is 4.74 Å². The highest BCUT2D eigenvalue weighted by atomic mass is 16.5. The molecule has 34 heavy (non-hydrogen) atoms. The summed E-state index contributed by atoms with van der Waals surface area (Å²) >= 11 is 0. The summed E-state index contributed by atoms with van der Waals surface area (Å²) in [5, 5.41) is 8.52. The Morgan fingerprint density at radius 3 is 2.24 bits per heavy atom. The molecule has 0 saturated carbocycles. The number of carbonyl (C=O) groups is 3. The van der Waals surface area contributed by atoms with Gasteiger partial charge < -0.3 is 20.7 Å². The Bertz CT molecular complexity index is 1150. The quantitative estimate of drug-likeness (QED) is 0.384. The molecule has 7 nitrogen and oxygen atoms in total. The maximum absolute atomic E-state index is 12.8. The highest BCUT2D eigenvalue weighted by Crippen LogP contribution is 2.20. The summed E-state index contributed by atoms with van der Waals surface area (Å²) in [6.07, 6.45) is 0.729. The van der Waals surface area contributed by atoms with Crippen LogP contribution >= 0.6 is 0 Å². The molecule has 3 aromatic rings. The van der Waals surface area contributed by atoms with Gasteiger partial charge in [-0.3, -0.25) is 14.4 Å². The molecule has 3 amide bonds. The van der Waals surface area contributed by atoms with Crippen LogP contribution in [0.2, 0.25) is 0 Å². The minimum Gasteiger partial charge on any atom is -0.382 e. The number of hydrogen-bond donors (Lipinski definition) is 3. The van der Waals surface area contributed by atoms with Gasteiger partial charge in [0.15, 0.2) is 0 Å². The molecule has 0 atom stereocenters. The van der Waals surface area contributed by atoms with Gasteiger partial charge in [0.25, 0.3) is 17.7 Å². The van der Waals surface area contributed by atoms with Crippen molar-refractivity contribution >= 4 is 29.1 Å². The fourth-order valence-electron chi connectivity index (χ4n) is 3.25. The summed E-state index contributed by atoms with van der Waals surface area (Å²) in [6.45, 7) is 5.54. The number of rotatable bonds is 10. The van der Waals surface area contributed by atoms with Crippen molar-refractivity contribution in [2.24, 2.45) is 0 Å². The van der Waals surface area contributed by atoms with Gasteiger partial charge in [-0.05, 0) is 68.3 Å². The molecule has 0 heterocycles. The van der Waals surface area contributed by atoms with Gasteiger partial charge in [-0.25, -0.2) is 0 Å². The third-order valence-electron chi connectivity index (χ3n) is 5.12. The van der Waals surface area contributed by atoms with E-state index in [9.17, 15) is 14.4 Å². The average Bonchev–Trinajstić information content (AvgIpc) is 2.85. The van der Waals surface area contributed by atoms with E-state index in [-0.39, 0.29) is 17.7 Å². The van der Waals surface area contributed by atoms with Crippen LogP contribution in [0.25, 0.3) is 0 Å². The Kier molecular flexibility index (Phi) is 8.94. The van der Waals surface area contributed by atoms with Gasteiger partial charge in [0.2, 0.25) is 0 Å². The first-order chi connectivity index (χ1) is 16.5. The summed E-state index contributed by atoms with van der Waals surface area (Å²) in [7, 11) is 0. The van der Waals surface area contributed by atoms with Gasteiger partial charge in [0.1, 0.15) is 0 Å². The normalized spacial score (nSPS) is 10.4. The monoisotopic (exact) mass is 459 g/mol. The second kappa shape index (κ2) is 12.3. The van der Waals surface area contributed by atoms with Crippen molar-refractivity contribution in [1.82, 2.24) is 5.32 Å². The molecule has 0 fully saturated rings. The molecule has 3 N–H and O–H groups in total. The van der Waals surface area contributed by atoms with Gasteiger partial charge in [-0.15, -0.1) is 0 Å². The molecule has 0 aliphatic rings. The summed E-state index contributed by atoms with van der Waals surface area (Å²) < 4.78 is 5.26. The van der Waals surface area contributed by atoms with Crippen molar-refractivity contribution in [2.75, 3.05) is 30.4 Å². The molecule has 0 bridgehead atoms. The molecule has 0 saturated heterocycles. The van der Waals surface area contributed by atoms with Crippen molar-refractivity contribution in [2.45, 2.75) is 20.3 Å². The van der Waals surface area contributed by atoms with E-state index < -0.39 is 0 Å². The lowest BCUT2D eigenvalue weighted by atomic mass is 10.1. The second-order valence-electron chi connectivity index (χ2n) is 7.69. The first kappa shape index (κ1) is 24.7. The van der Waals surface area contributed by atoms with Crippen molar-refractivity contribution < 1.29 is 19.1 Å². The highest BCUT2D eigenvalue weighted by Gasteiger charge is 2.13. The van der Waals surface area contributed by atoms with E-state index in [0.717, 1.165) is 12.0 Å².